The van der Waals surface area contributed by atoms with Crippen molar-refractivity contribution < 1.29 is 13.2 Å². The summed E-state index contributed by atoms with van der Waals surface area (Å²) in [6.07, 6.45) is 2.74. The number of hydrogen-bond donors (Lipinski definition) is 0. The molecule has 0 spiro atoms. The summed E-state index contributed by atoms with van der Waals surface area (Å²) < 4.78 is 26.9. The molecule has 2 heterocycles. The lowest BCUT2D eigenvalue weighted by Gasteiger charge is -2.21. The number of carbonyl (C=O) groups excluding carboxylic acids is 1. The number of nitrogens with zero attached hydrogens (tertiary/aromatic N) is 3. The van der Waals surface area contributed by atoms with Crippen LogP contribution in [-0.4, -0.2) is 74.7 Å². The molecule has 6 nitrogen and oxygen atoms in total. The first-order valence-corrected chi connectivity index (χ1v) is 10.0. The fraction of sp³-hybridized carbons (Fsp3) is 0.588. The molecular weight excluding hydrogens is 326 g/mol. The number of rotatable bonds is 3. The van der Waals surface area contributed by atoms with Crippen LogP contribution in [0.2, 0.25) is 0 Å². The number of sulfonamides is 1. The largest absolute Gasteiger partial charge is 0.337 e. The van der Waals surface area contributed by atoms with Crippen LogP contribution in [0.5, 0.6) is 0 Å². The lowest BCUT2D eigenvalue weighted by Crippen LogP contribution is -2.34. The van der Waals surface area contributed by atoms with Gasteiger partial charge < -0.3 is 9.80 Å². The molecule has 0 unspecified atom stereocenters. The van der Waals surface area contributed by atoms with Crippen molar-refractivity contribution in [3.05, 3.63) is 29.8 Å². The lowest BCUT2D eigenvalue weighted by molar-refractivity contribution is 0.0762. The maximum atomic E-state index is 12.8. The number of amides is 1. The van der Waals surface area contributed by atoms with Crippen LogP contribution < -0.4 is 0 Å². The molecule has 0 bridgehead atoms. The molecule has 7 heteroatoms. The van der Waals surface area contributed by atoms with Gasteiger partial charge in [-0.15, -0.1) is 0 Å². The highest BCUT2D eigenvalue weighted by Gasteiger charge is 2.28. The zero-order valence-electron chi connectivity index (χ0n) is 14.1. The summed E-state index contributed by atoms with van der Waals surface area (Å²) in [6.45, 7) is 4.35. The average molecular weight is 351 g/mol. The van der Waals surface area contributed by atoms with Gasteiger partial charge in [-0.3, -0.25) is 4.79 Å². The van der Waals surface area contributed by atoms with Crippen molar-refractivity contribution in [1.29, 1.82) is 0 Å². The number of benzene rings is 1. The van der Waals surface area contributed by atoms with Crippen LogP contribution in [0.3, 0.4) is 0 Å². The van der Waals surface area contributed by atoms with E-state index in [1.54, 1.807) is 18.2 Å². The summed E-state index contributed by atoms with van der Waals surface area (Å²) in [6, 6.07) is 6.49. The van der Waals surface area contributed by atoms with E-state index >= 15 is 0 Å². The highest BCUT2D eigenvalue weighted by Crippen LogP contribution is 2.22. The summed E-state index contributed by atoms with van der Waals surface area (Å²) in [7, 11) is -1.43. The third kappa shape index (κ3) is 3.63. The second-order valence-electron chi connectivity index (χ2n) is 6.59. The molecule has 0 aliphatic carbocycles. The van der Waals surface area contributed by atoms with Crippen molar-refractivity contribution in [2.75, 3.05) is 46.3 Å². The predicted molar refractivity (Wildman–Crippen MR) is 92.5 cm³/mol. The summed E-state index contributed by atoms with van der Waals surface area (Å²) in [5, 5.41) is 0. The molecule has 1 amide bonds. The quantitative estimate of drug-likeness (QED) is 0.822. The average Bonchev–Trinajstić information content (AvgIpc) is 3.05. The van der Waals surface area contributed by atoms with Crippen molar-refractivity contribution in [1.82, 2.24) is 14.1 Å². The molecule has 0 atom stereocenters. The SMILES string of the molecule is CN1CCCN(C(=O)c2cccc(S(=O)(=O)N3CCCC3)c2)CC1. The van der Waals surface area contributed by atoms with Gasteiger partial charge in [0.15, 0.2) is 0 Å². The minimum Gasteiger partial charge on any atom is -0.337 e. The highest BCUT2D eigenvalue weighted by molar-refractivity contribution is 7.89. The number of carbonyl (C=O) groups is 1. The van der Waals surface area contributed by atoms with Gasteiger partial charge in [0.1, 0.15) is 0 Å². The molecule has 2 aliphatic rings. The Morgan fingerprint density at radius 2 is 1.71 bits per heavy atom. The normalized spacial score (nSPS) is 21.0. The van der Waals surface area contributed by atoms with Crippen LogP contribution in [-0.2, 0) is 10.0 Å². The van der Waals surface area contributed by atoms with Crippen LogP contribution in [0, 0.1) is 0 Å². The molecule has 3 rings (SSSR count). The molecule has 1 aromatic rings. The van der Waals surface area contributed by atoms with Gasteiger partial charge in [0.25, 0.3) is 5.91 Å². The minimum atomic E-state index is -3.49. The fourth-order valence-corrected chi connectivity index (χ4v) is 4.86. The van der Waals surface area contributed by atoms with Crippen LogP contribution in [0.1, 0.15) is 29.6 Å². The van der Waals surface area contributed by atoms with Crippen LogP contribution >= 0.6 is 0 Å². The molecule has 2 saturated heterocycles. The molecule has 0 radical (unpaired) electrons. The van der Waals surface area contributed by atoms with Crippen molar-refractivity contribution in [2.24, 2.45) is 0 Å². The van der Waals surface area contributed by atoms with Crippen molar-refractivity contribution in [3.63, 3.8) is 0 Å². The molecule has 2 fully saturated rings. The number of hydrogen-bond acceptors (Lipinski definition) is 4. The van der Waals surface area contributed by atoms with Crippen LogP contribution in [0.4, 0.5) is 0 Å². The summed E-state index contributed by atoms with van der Waals surface area (Å²) in [5.74, 6) is -0.0798. The molecule has 0 N–H and O–H groups in total. The number of likely N-dealkylation sites (N-methyl/N-ethyl adjacent to an activating group) is 1. The first kappa shape index (κ1) is 17.4. The Hall–Kier alpha value is -1.44. The second-order valence-corrected chi connectivity index (χ2v) is 8.53. The van der Waals surface area contributed by atoms with E-state index in [0.717, 1.165) is 32.4 Å². The molecule has 0 saturated carbocycles. The first-order chi connectivity index (χ1) is 11.5. The van der Waals surface area contributed by atoms with Gasteiger partial charge >= 0.3 is 0 Å². The Labute approximate surface area is 144 Å². The topological polar surface area (TPSA) is 60.9 Å². The summed E-state index contributed by atoms with van der Waals surface area (Å²) in [4.78, 5) is 17.0. The summed E-state index contributed by atoms with van der Waals surface area (Å²) >= 11 is 0. The van der Waals surface area contributed by atoms with Crippen LogP contribution in [0.15, 0.2) is 29.2 Å². The van der Waals surface area contributed by atoms with Gasteiger partial charge in [0.05, 0.1) is 4.90 Å². The van der Waals surface area contributed by atoms with Gasteiger partial charge in [-0.05, 0) is 51.1 Å². The summed E-state index contributed by atoms with van der Waals surface area (Å²) in [5.41, 5.74) is 0.458. The van der Waals surface area contributed by atoms with Crippen molar-refractivity contribution in [2.45, 2.75) is 24.2 Å². The van der Waals surface area contributed by atoms with E-state index in [1.165, 1.54) is 10.4 Å². The molecule has 1 aromatic carbocycles. The van der Waals surface area contributed by atoms with E-state index in [9.17, 15) is 13.2 Å². The van der Waals surface area contributed by atoms with E-state index in [4.69, 9.17) is 0 Å². The molecule has 132 valence electrons. The smallest absolute Gasteiger partial charge is 0.253 e. The van der Waals surface area contributed by atoms with E-state index in [2.05, 4.69) is 11.9 Å². The van der Waals surface area contributed by atoms with E-state index in [1.807, 2.05) is 4.90 Å². The molecule has 2 aliphatic heterocycles. The van der Waals surface area contributed by atoms with E-state index < -0.39 is 10.0 Å². The zero-order chi connectivity index (χ0) is 17.2. The van der Waals surface area contributed by atoms with Crippen LogP contribution in [0.25, 0.3) is 0 Å². The van der Waals surface area contributed by atoms with Gasteiger partial charge in [-0.25, -0.2) is 8.42 Å². The fourth-order valence-electron chi connectivity index (χ4n) is 3.30. The highest BCUT2D eigenvalue weighted by atomic mass is 32.2. The Kier molecular flexibility index (Phi) is 5.22. The molecule has 24 heavy (non-hydrogen) atoms. The van der Waals surface area contributed by atoms with Gasteiger partial charge in [-0.1, -0.05) is 6.07 Å². The Morgan fingerprint density at radius 1 is 0.958 bits per heavy atom. The Morgan fingerprint density at radius 3 is 2.46 bits per heavy atom. The Balaban J connectivity index is 1.81. The van der Waals surface area contributed by atoms with Crippen molar-refractivity contribution >= 4 is 15.9 Å². The first-order valence-electron chi connectivity index (χ1n) is 8.56. The third-order valence-electron chi connectivity index (χ3n) is 4.79. The van der Waals surface area contributed by atoms with E-state index in [0.29, 0.717) is 31.7 Å². The lowest BCUT2D eigenvalue weighted by atomic mass is 10.2. The maximum absolute atomic E-state index is 12.8. The van der Waals surface area contributed by atoms with Crippen molar-refractivity contribution in [3.8, 4) is 0 Å². The maximum Gasteiger partial charge on any atom is 0.253 e. The van der Waals surface area contributed by atoms with Gasteiger partial charge in [0.2, 0.25) is 10.0 Å². The predicted octanol–water partition coefficient (Wildman–Crippen LogP) is 1.25. The second kappa shape index (κ2) is 7.21. The molecule has 0 aromatic heterocycles. The van der Waals surface area contributed by atoms with Gasteiger partial charge in [0, 0.05) is 38.3 Å². The Bertz CT molecular complexity index is 699. The zero-order valence-corrected chi connectivity index (χ0v) is 15.0. The van der Waals surface area contributed by atoms with E-state index in [-0.39, 0.29) is 10.8 Å². The van der Waals surface area contributed by atoms with Gasteiger partial charge in [-0.2, -0.15) is 4.31 Å². The molecular formula is C17H25N3O3S. The standard InChI is InChI=1S/C17H25N3O3S/c1-18-8-5-9-19(13-12-18)17(21)15-6-4-7-16(14-15)24(22,23)20-10-2-3-11-20/h4,6-7,14H,2-3,5,8-13H2,1H3. The minimum absolute atomic E-state index is 0.0798. The third-order valence-corrected chi connectivity index (χ3v) is 6.69. The monoisotopic (exact) mass is 351 g/mol.